The SMILES string of the molecule is COCCCCCCNCCOF. The second kappa shape index (κ2) is 11.8. The monoisotopic (exact) mass is 193 g/mol. The predicted octanol–water partition coefficient (Wildman–Crippen LogP) is 1.68. The molecular weight excluding hydrogens is 173 g/mol. The van der Waals surface area contributed by atoms with Gasteiger partial charge in [0.05, 0.1) is 0 Å². The lowest BCUT2D eigenvalue weighted by Gasteiger charge is -2.02. The molecule has 0 aliphatic rings. The summed E-state index contributed by atoms with van der Waals surface area (Å²) in [5, 5.41) is 3.08. The first-order valence-electron chi connectivity index (χ1n) is 4.85. The molecule has 0 heterocycles. The molecule has 13 heavy (non-hydrogen) atoms. The normalized spacial score (nSPS) is 10.6. The summed E-state index contributed by atoms with van der Waals surface area (Å²) in [6.45, 7) is 2.53. The van der Waals surface area contributed by atoms with Crippen LogP contribution in [0.1, 0.15) is 25.7 Å². The minimum absolute atomic E-state index is 0.143. The van der Waals surface area contributed by atoms with Gasteiger partial charge in [-0.15, -0.1) is 0 Å². The molecule has 0 fully saturated rings. The summed E-state index contributed by atoms with van der Waals surface area (Å²) in [6, 6.07) is 0. The van der Waals surface area contributed by atoms with E-state index in [0.29, 0.717) is 6.54 Å². The number of ether oxygens (including phenoxy) is 1. The van der Waals surface area contributed by atoms with Gasteiger partial charge in [-0.3, -0.25) is 0 Å². The Morgan fingerprint density at radius 2 is 1.77 bits per heavy atom. The summed E-state index contributed by atoms with van der Waals surface area (Å²) in [7, 11) is 1.72. The van der Waals surface area contributed by atoms with Crippen molar-refractivity contribution in [2.75, 3.05) is 33.4 Å². The molecule has 0 saturated carbocycles. The summed E-state index contributed by atoms with van der Waals surface area (Å²) >= 11 is 0. The maximum Gasteiger partial charge on any atom is 0.100 e. The Morgan fingerprint density at radius 3 is 2.46 bits per heavy atom. The Bertz CT molecular complexity index is 83.7. The van der Waals surface area contributed by atoms with Crippen LogP contribution in [0.2, 0.25) is 0 Å². The van der Waals surface area contributed by atoms with E-state index in [1.54, 1.807) is 7.11 Å². The highest BCUT2D eigenvalue weighted by molar-refractivity contribution is 4.48. The van der Waals surface area contributed by atoms with Crippen LogP contribution in [0.5, 0.6) is 0 Å². The topological polar surface area (TPSA) is 30.5 Å². The second-order valence-electron chi connectivity index (χ2n) is 2.97. The quantitative estimate of drug-likeness (QED) is 0.535. The van der Waals surface area contributed by atoms with Crippen LogP contribution < -0.4 is 5.32 Å². The summed E-state index contributed by atoms with van der Waals surface area (Å²) in [6.07, 6.45) is 4.67. The third kappa shape index (κ3) is 11.8. The molecule has 0 atom stereocenters. The largest absolute Gasteiger partial charge is 0.385 e. The van der Waals surface area contributed by atoms with E-state index in [2.05, 4.69) is 10.3 Å². The van der Waals surface area contributed by atoms with Crippen molar-refractivity contribution < 1.29 is 14.2 Å². The van der Waals surface area contributed by atoms with Crippen LogP contribution in [-0.2, 0) is 9.68 Å². The van der Waals surface area contributed by atoms with Crippen LogP contribution in [-0.4, -0.2) is 33.4 Å². The number of hydrogen-bond acceptors (Lipinski definition) is 3. The Balaban J connectivity index is 2.76. The predicted molar refractivity (Wildman–Crippen MR) is 50.3 cm³/mol. The average molecular weight is 193 g/mol. The van der Waals surface area contributed by atoms with E-state index in [9.17, 15) is 4.53 Å². The van der Waals surface area contributed by atoms with Crippen molar-refractivity contribution in [3.05, 3.63) is 0 Å². The van der Waals surface area contributed by atoms with E-state index < -0.39 is 0 Å². The zero-order valence-corrected chi connectivity index (χ0v) is 8.35. The lowest BCUT2D eigenvalue weighted by molar-refractivity contribution is -0.129. The number of unbranched alkanes of at least 4 members (excludes halogenated alkanes) is 3. The zero-order valence-electron chi connectivity index (χ0n) is 8.35. The Hall–Kier alpha value is -0.190. The van der Waals surface area contributed by atoms with Crippen molar-refractivity contribution in [3.63, 3.8) is 0 Å². The highest BCUT2D eigenvalue weighted by Crippen LogP contribution is 1.98. The second-order valence-corrected chi connectivity index (χ2v) is 2.97. The van der Waals surface area contributed by atoms with Crippen LogP contribution >= 0.6 is 0 Å². The minimum Gasteiger partial charge on any atom is -0.385 e. The zero-order chi connectivity index (χ0) is 9.78. The number of methoxy groups -OCH3 is 1. The van der Waals surface area contributed by atoms with Gasteiger partial charge >= 0.3 is 0 Å². The van der Waals surface area contributed by atoms with Gasteiger partial charge < -0.3 is 10.1 Å². The maximum atomic E-state index is 11.2. The molecule has 80 valence electrons. The highest BCUT2D eigenvalue weighted by Gasteiger charge is 1.90. The number of nitrogens with one attached hydrogen (secondary N) is 1. The lowest BCUT2D eigenvalue weighted by atomic mass is 10.2. The van der Waals surface area contributed by atoms with Crippen molar-refractivity contribution in [2.45, 2.75) is 25.7 Å². The third-order valence-electron chi connectivity index (χ3n) is 1.81. The van der Waals surface area contributed by atoms with E-state index in [-0.39, 0.29) is 6.61 Å². The fourth-order valence-electron chi connectivity index (χ4n) is 1.09. The highest BCUT2D eigenvalue weighted by atomic mass is 19.3. The molecule has 0 bridgehead atoms. The lowest BCUT2D eigenvalue weighted by Crippen LogP contribution is -2.19. The van der Waals surface area contributed by atoms with Gasteiger partial charge in [-0.1, -0.05) is 12.8 Å². The van der Waals surface area contributed by atoms with E-state index in [1.165, 1.54) is 12.8 Å². The third-order valence-corrected chi connectivity index (χ3v) is 1.81. The van der Waals surface area contributed by atoms with Gasteiger partial charge in [-0.25, -0.2) is 0 Å². The van der Waals surface area contributed by atoms with E-state index in [4.69, 9.17) is 4.74 Å². The Kier molecular flexibility index (Phi) is 11.6. The van der Waals surface area contributed by atoms with Gasteiger partial charge in [-0.05, 0) is 23.9 Å². The van der Waals surface area contributed by atoms with Crippen LogP contribution in [0.4, 0.5) is 4.53 Å². The first kappa shape index (κ1) is 12.8. The van der Waals surface area contributed by atoms with Crippen LogP contribution in [0.25, 0.3) is 0 Å². The van der Waals surface area contributed by atoms with Gasteiger partial charge in [0.15, 0.2) is 0 Å². The molecule has 0 spiro atoms. The van der Waals surface area contributed by atoms with Gasteiger partial charge in [-0.2, -0.15) is 4.94 Å². The number of hydrogen-bond donors (Lipinski definition) is 1. The molecule has 0 saturated heterocycles. The van der Waals surface area contributed by atoms with Crippen molar-refractivity contribution >= 4 is 0 Å². The Labute approximate surface area is 79.5 Å². The first-order chi connectivity index (χ1) is 6.41. The van der Waals surface area contributed by atoms with Crippen molar-refractivity contribution in [1.29, 1.82) is 0 Å². The molecule has 0 aromatic carbocycles. The molecule has 0 unspecified atom stereocenters. The molecule has 0 radical (unpaired) electrons. The molecule has 0 aromatic rings. The summed E-state index contributed by atoms with van der Waals surface area (Å²) in [5.74, 6) is 0. The number of rotatable bonds is 10. The van der Waals surface area contributed by atoms with Gasteiger partial charge in [0, 0.05) is 20.3 Å². The van der Waals surface area contributed by atoms with E-state index in [1.807, 2.05) is 0 Å². The standard InChI is InChI=1S/C9H20FNO2/c1-12-8-5-3-2-4-6-11-7-9-13-10/h11H,2-9H2,1H3. The molecule has 0 rings (SSSR count). The van der Waals surface area contributed by atoms with Crippen molar-refractivity contribution in [2.24, 2.45) is 0 Å². The van der Waals surface area contributed by atoms with E-state index in [0.717, 1.165) is 26.0 Å². The molecule has 1 N–H and O–H groups in total. The fourth-order valence-corrected chi connectivity index (χ4v) is 1.09. The summed E-state index contributed by atoms with van der Waals surface area (Å²) in [4.78, 5) is 3.42. The molecular formula is C9H20FNO2. The smallest absolute Gasteiger partial charge is 0.100 e. The van der Waals surface area contributed by atoms with Gasteiger partial charge in [0.2, 0.25) is 0 Å². The number of halogens is 1. The molecule has 0 amide bonds. The van der Waals surface area contributed by atoms with Crippen LogP contribution in [0.15, 0.2) is 0 Å². The molecule has 4 heteroatoms. The van der Waals surface area contributed by atoms with Gasteiger partial charge in [0.1, 0.15) is 6.61 Å². The first-order valence-corrected chi connectivity index (χ1v) is 4.85. The molecule has 0 aliphatic carbocycles. The fraction of sp³-hybridized carbons (Fsp3) is 1.00. The average Bonchev–Trinajstić information content (AvgIpc) is 2.16. The molecule has 0 aromatic heterocycles. The van der Waals surface area contributed by atoms with Crippen LogP contribution in [0, 0.1) is 0 Å². The Morgan fingerprint density at radius 1 is 1.00 bits per heavy atom. The van der Waals surface area contributed by atoms with Crippen molar-refractivity contribution in [1.82, 2.24) is 5.32 Å². The van der Waals surface area contributed by atoms with Crippen molar-refractivity contribution in [3.8, 4) is 0 Å². The molecule has 3 nitrogen and oxygen atoms in total. The maximum absolute atomic E-state index is 11.2. The van der Waals surface area contributed by atoms with Gasteiger partial charge in [0.25, 0.3) is 0 Å². The van der Waals surface area contributed by atoms with Crippen LogP contribution in [0.3, 0.4) is 0 Å². The van der Waals surface area contributed by atoms with E-state index >= 15 is 0 Å². The molecule has 0 aliphatic heterocycles. The summed E-state index contributed by atoms with van der Waals surface area (Å²) in [5.41, 5.74) is 0. The minimum atomic E-state index is 0.143. The summed E-state index contributed by atoms with van der Waals surface area (Å²) < 4.78 is 16.1.